The summed E-state index contributed by atoms with van der Waals surface area (Å²) in [5.74, 6) is -1.39. The first-order valence-electron chi connectivity index (χ1n) is 22.5. The van der Waals surface area contributed by atoms with Crippen molar-refractivity contribution in [1.29, 1.82) is 0 Å². The highest BCUT2D eigenvalue weighted by Gasteiger charge is 2.50. The summed E-state index contributed by atoms with van der Waals surface area (Å²) in [6.07, 6.45) is 8.77. The molecular weight excluding hydrogens is 979 g/mol. The molecule has 3 rings (SSSR count). The van der Waals surface area contributed by atoms with Gasteiger partial charge in [0.25, 0.3) is 0 Å². The number of amides is 2. The van der Waals surface area contributed by atoms with E-state index in [1.165, 1.54) is 71.6 Å². The van der Waals surface area contributed by atoms with E-state index in [2.05, 4.69) is 41.3 Å². The molecule has 1 saturated heterocycles. The van der Waals surface area contributed by atoms with E-state index in [9.17, 15) is 62.7 Å². The van der Waals surface area contributed by atoms with Crippen LogP contribution in [0.2, 0.25) is 0 Å². The third kappa shape index (κ3) is 21.7. The predicted octanol–water partition coefficient (Wildman–Crippen LogP) is 4.11. The van der Waals surface area contributed by atoms with Crippen LogP contribution >= 0.6 is 35.2 Å². The molecule has 2 amide bonds. The summed E-state index contributed by atoms with van der Waals surface area (Å²) < 4.78 is 62.4. The van der Waals surface area contributed by atoms with Gasteiger partial charge in [-0.15, -0.1) is 0 Å². The minimum Gasteiger partial charge on any atom is -0.386 e. The molecule has 0 radical (unpaired) electrons. The van der Waals surface area contributed by atoms with Crippen LogP contribution in [0.4, 0.5) is 5.82 Å². The summed E-state index contributed by atoms with van der Waals surface area (Å²) in [7, 11) is -16.4. The Labute approximate surface area is 399 Å². The Morgan fingerprint density at radius 3 is 2.09 bits per heavy atom. The van der Waals surface area contributed by atoms with Crippen molar-refractivity contribution in [1.82, 2.24) is 30.2 Å². The predicted molar refractivity (Wildman–Crippen MR) is 247 cm³/mol. The number of phosphoric acid groups is 3. The van der Waals surface area contributed by atoms with Gasteiger partial charge in [-0.05, 0) is 6.42 Å². The molecule has 2 aromatic rings. The summed E-state index contributed by atoms with van der Waals surface area (Å²) in [6, 6.07) is 0. The number of aliphatic hydroxyl groups excluding tert-OH is 2. The zero-order valence-electron chi connectivity index (χ0n) is 38.6. The Balaban J connectivity index is 1.31. The maximum absolute atomic E-state index is 12.7. The van der Waals surface area contributed by atoms with Gasteiger partial charge >= 0.3 is 23.5 Å². The summed E-state index contributed by atoms with van der Waals surface area (Å²) in [4.78, 5) is 101. The fraction of sp³-hybridized carbons (Fsp3) is 0.769. The number of phosphoric ester groups is 3. The van der Waals surface area contributed by atoms with E-state index in [1.807, 2.05) is 0 Å². The summed E-state index contributed by atoms with van der Waals surface area (Å²) in [6.45, 7) is 2.57. The largest absolute Gasteiger partial charge is 0.481 e. The van der Waals surface area contributed by atoms with Gasteiger partial charge in [-0.2, -0.15) is 4.31 Å². The van der Waals surface area contributed by atoms with Crippen LogP contribution in [0.1, 0.15) is 130 Å². The van der Waals surface area contributed by atoms with E-state index in [4.69, 9.17) is 19.5 Å². The molecule has 3 unspecified atom stereocenters. The lowest BCUT2D eigenvalue weighted by Crippen LogP contribution is -2.46. The zero-order valence-corrected chi connectivity index (χ0v) is 42.1. The van der Waals surface area contributed by atoms with Crippen molar-refractivity contribution in [3.63, 3.8) is 0 Å². The molecule has 25 nitrogen and oxygen atoms in total. The second-order valence-corrected chi connectivity index (χ2v) is 22.4. The number of carbonyl (C=O) groups excluding carboxylic acids is 4. The molecule has 3 heterocycles. The smallest absolute Gasteiger partial charge is 0.386 e. The molecule has 2 aromatic heterocycles. The zero-order chi connectivity index (χ0) is 50.5. The van der Waals surface area contributed by atoms with Crippen molar-refractivity contribution in [2.24, 2.45) is 5.41 Å². The summed E-state index contributed by atoms with van der Waals surface area (Å²) in [5, 5.41) is 26.2. The molecule has 0 saturated carbocycles. The van der Waals surface area contributed by atoms with Gasteiger partial charge in [-0.1, -0.05) is 110 Å². The number of nitrogen functional groups attached to an aromatic ring is 1. The second-order valence-electron chi connectivity index (χ2n) is 17.0. The number of thioether (sulfide) groups is 1. The number of aliphatic hydroxyl groups is 2. The molecule has 0 aliphatic carbocycles. The molecule has 10 N–H and O–H groups in total. The Morgan fingerprint density at radius 1 is 0.868 bits per heavy atom. The number of fused-ring (bicyclic) bond motifs is 1. The normalized spacial score (nSPS) is 19.9. The standard InChI is InChI=1S/C39H68N7O18P3S/c1-4-5-6-7-8-9-10-11-12-13-14-15-16-17-27(47)22-30(49)68-21-20-41-29(48)18-19-42-37(52)34(51)39(2,3)24-61-67(58,59)64-66(56,57)60-23-28-33(63-65(53,54)55)32(50)38(62-28)46-26-45-31-35(40)43-25-44-36(31)46/h25-26,28,32-34,38,50-51H,4-24H2,1-3H3,(H,41,48)(H,42,52)(H,56,57)(H,58,59)(H2,40,43,44)(H2,53,54,55)/t28-,32-,33-,34?,38-/m1/s1. The number of Topliss-reactive ketones (excluding diaryl/α,β-unsaturated/α-hetero) is 1. The average Bonchev–Trinajstić information content (AvgIpc) is 3.82. The molecule has 1 aliphatic rings. The van der Waals surface area contributed by atoms with Gasteiger partial charge in [0.05, 0.1) is 26.0 Å². The van der Waals surface area contributed by atoms with E-state index in [0.717, 1.165) is 54.7 Å². The molecule has 68 heavy (non-hydrogen) atoms. The van der Waals surface area contributed by atoms with Gasteiger partial charge in [0, 0.05) is 37.1 Å². The van der Waals surface area contributed by atoms with Crippen LogP contribution in [-0.2, 0) is 55.5 Å². The first kappa shape index (κ1) is 59.5. The number of aromatic nitrogens is 4. The lowest BCUT2D eigenvalue weighted by molar-refractivity contribution is -0.137. The third-order valence-electron chi connectivity index (χ3n) is 10.7. The number of anilines is 1. The van der Waals surface area contributed by atoms with Gasteiger partial charge in [0.15, 0.2) is 22.8 Å². The maximum atomic E-state index is 12.7. The minimum atomic E-state index is -5.59. The SMILES string of the molecule is CCCCCCCCCCCCCCCC(=O)CC(=O)SCCNC(=O)CCNC(=O)C(O)C(C)(C)COP(=O)(O)OP(=O)(O)OC[C@H]1O[C@@H](n2cnc3c(N)ncnc32)[C@H](O)[C@@H]1OP(=O)(O)O. The van der Waals surface area contributed by atoms with Crippen LogP contribution in [0.25, 0.3) is 11.2 Å². The van der Waals surface area contributed by atoms with Crippen molar-refractivity contribution in [3.05, 3.63) is 12.7 Å². The average molecular weight is 1050 g/mol. The first-order chi connectivity index (χ1) is 31.9. The summed E-state index contributed by atoms with van der Waals surface area (Å²) in [5.41, 5.74) is 4.25. The second kappa shape index (κ2) is 28.9. The van der Waals surface area contributed by atoms with Crippen LogP contribution in [0.5, 0.6) is 0 Å². The number of nitrogens with two attached hydrogens (primary N) is 1. The number of hydrogen-bond acceptors (Lipinski definition) is 19. The topological polar surface area (TPSA) is 381 Å². The van der Waals surface area contributed by atoms with E-state index in [1.54, 1.807) is 0 Å². The van der Waals surface area contributed by atoms with Crippen molar-refractivity contribution in [2.75, 3.05) is 37.8 Å². The number of unbranched alkanes of at least 4 members (excludes halogenated alkanes) is 12. The highest BCUT2D eigenvalue weighted by molar-refractivity contribution is 8.13. The minimum absolute atomic E-state index is 0.0264. The summed E-state index contributed by atoms with van der Waals surface area (Å²) >= 11 is 0.940. The number of nitrogens with one attached hydrogen (secondary N) is 2. The van der Waals surface area contributed by atoms with Crippen molar-refractivity contribution in [2.45, 2.75) is 154 Å². The Kier molecular flexibility index (Phi) is 25.3. The van der Waals surface area contributed by atoms with E-state index in [0.29, 0.717) is 6.42 Å². The van der Waals surface area contributed by atoms with Gasteiger partial charge < -0.3 is 50.9 Å². The quantitative estimate of drug-likeness (QED) is 0.0266. The Morgan fingerprint density at radius 2 is 1.47 bits per heavy atom. The fourth-order valence-corrected chi connectivity index (χ4v) is 10.5. The highest BCUT2D eigenvalue weighted by atomic mass is 32.2. The number of ketones is 1. The number of rotatable bonds is 35. The van der Waals surface area contributed by atoms with Crippen LogP contribution in [0.3, 0.4) is 0 Å². The monoisotopic (exact) mass is 1050 g/mol. The number of ether oxygens (including phenoxy) is 1. The van der Waals surface area contributed by atoms with Gasteiger partial charge in [0.2, 0.25) is 11.8 Å². The van der Waals surface area contributed by atoms with Gasteiger partial charge in [-0.25, -0.2) is 28.6 Å². The maximum Gasteiger partial charge on any atom is 0.481 e. The van der Waals surface area contributed by atoms with Crippen molar-refractivity contribution in [3.8, 4) is 0 Å². The number of imidazole rings is 1. The lowest BCUT2D eigenvalue weighted by Gasteiger charge is -2.30. The molecule has 388 valence electrons. The van der Waals surface area contributed by atoms with Crippen molar-refractivity contribution < 1.29 is 85.3 Å². The number of nitrogens with zero attached hydrogens (tertiary/aromatic N) is 4. The lowest BCUT2D eigenvalue weighted by atomic mass is 9.87. The molecule has 0 aromatic carbocycles. The number of hydrogen-bond donors (Lipinski definition) is 9. The molecular formula is C39H68N7O18P3S. The van der Waals surface area contributed by atoms with Crippen LogP contribution < -0.4 is 16.4 Å². The molecule has 0 bridgehead atoms. The van der Waals surface area contributed by atoms with Crippen LogP contribution in [0, 0.1) is 5.41 Å². The highest BCUT2D eigenvalue weighted by Crippen LogP contribution is 2.61. The molecule has 29 heteroatoms. The van der Waals surface area contributed by atoms with Gasteiger partial charge in [0.1, 0.15) is 42.0 Å². The molecule has 7 atom stereocenters. The fourth-order valence-electron chi connectivity index (χ4n) is 6.94. The Hall–Kier alpha value is -2.77. The van der Waals surface area contributed by atoms with E-state index < -0.39 is 84.6 Å². The molecule has 1 aliphatic heterocycles. The van der Waals surface area contributed by atoms with Crippen LogP contribution in [-0.4, -0.2) is 128 Å². The first-order valence-corrected chi connectivity index (χ1v) is 28.0. The van der Waals surface area contributed by atoms with E-state index >= 15 is 0 Å². The van der Waals surface area contributed by atoms with E-state index in [-0.39, 0.29) is 59.6 Å². The van der Waals surface area contributed by atoms with Gasteiger partial charge in [-0.3, -0.25) is 37.3 Å². The molecule has 1 fully saturated rings. The number of carbonyl (C=O) groups is 4. The van der Waals surface area contributed by atoms with Crippen molar-refractivity contribution >= 4 is 74.9 Å². The molecule has 0 spiro atoms. The van der Waals surface area contributed by atoms with Crippen LogP contribution in [0.15, 0.2) is 12.7 Å². The third-order valence-corrected chi connectivity index (χ3v) is 14.6. The Bertz CT molecular complexity index is 2080.